The van der Waals surface area contributed by atoms with E-state index >= 15 is 0 Å². The maximum Gasteiger partial charge on any atom is 0.351 e. The van der Waals surface area contributed by atoms with Crippen molar-refractivity contribution in [3.63, 3.8) is 0 Å². The number of rotatable bonds is 11. The quantitative estimate of drug-likeness (QED) is 0.179. The van der Waals surface area contributed by atoms with Crippen LogP contribution < -0.4 is 15.7 Å². The van der Waals surface area contributed by atoms with E-state index in [0.717, 1.165) is 47.1 Å². The molecule has 212 valence electrons. The van der Waals surface area contributed by atoms with Crippen molar-refractivity contribution in [1.29, 1.82) is 0 Å². The van der Waals surface area contributed by atoms with Crippen LogP contribution in [0.15, 0.2) is 95.9 Å². The van der Waals surface area contributed by atoms with Gasteiger partial charge in [-0.15, -0.1) is 0 Å². The van der Waals surface area contributed by atoms with Gasteiger partial charge >= 0.3 is 5.69 Å². The van der Waals surface area contributed by atoms with Gasteiger partial charge in [-0.05, 0) is 54.0 Å². The van der Waals surface area contributed by atoms with Crippen LogP contribution in [0.2, 0.25) is 0 Å². The molecule has 0 bridgehead atoms. The molecule has 1 aliphatic rings. The lowest BCUT2D eigenvalue weighted by Gasteiger charge is -2.38. The maximum atomic E-state index is 13.6. The molecule has 41 heavy (non-hydrogen) atoms. The van der Waals surface area contributed by atoms with Crippen LogP contribution in [0.1, 0.15) is 61.6 Å². The Morgan fingerprint density at radius 3 is 2.15 bits per heavy atom. The number of benzene rings is 3. The summed E-state index contributed by atoms with van der Waals surface area (Å²) in [5, 5.41) is 3.72. The Morgan fingerprint density at radius 1 is 1.00 bits per heavy atom. The van der Waals surface area contributed by atoms with E-state index in [0.29, 0.717) is 24.6 Å². The topological polar surface area (TPSA) is 82.4 Å². The standard InChI is InChI=1S/C34H37N3O4/c1-4-30-24(2)22-31(41-30)37-23-25(12-11-21-38)32(35-33(37)39)36-34(26-13-7-5-8-14-26,27-15-9-6-10-16-27)28-17-19-29(40-3)20-18-28/h5-10,13-21,23-24,30-31H,4,11-12,22H2,1-3H3,(H,35,36,39)/t24-,30+,31?/m0/s1. The van der Waals surface area contributed by atoms with E-state index in [1.165, 1.54) is 0 Å². The molecule has 7 nitrogen and oxygen atoms in total. The Balaban J connectivity index is 1.70. The van der Waals surface area contributed by atoms with E-state index in [1.54, 1.807) is 11.7 Å². The smallest absolute Gasteiger partial charge is 0.351 e. The summed E-state index contributed by atoms with van der Waals surface area (Å²) in [7, 11) is 1.64. The first kappa shape index (κ1) is 28.3. The molecule has 1 saturated heterocycles. The zero-order chi connectivity index (χ0) is 28.8. The lowest BCUT2D eigenvalue weighted by atomic mass is 9.77. The number of nitrogens with one attached hydrogen (secondary N) is 1. The fraction of sp³-hybridized carbons (Fsp3) is 0.324. The van der Waals surface area contributed by atoms with E-state index in [-0.39, 0.29) is 18.0 Å². The molecule has 0 saturated carbocycles. The molecule has 1 aromatic heterocycles. The third kappa shape index (κ3) is 5.68. The summed E-state index contributed by atoms with van der Waals surface area (Å²) in [5.41, 5.74) is 2.38. The van der Waals surface area contributed by atoms with E-state index in [9.17, 15) is 9.59 Å². The van der Waals surface area contributed by atoms with Gasteiger partial charge in [-0.2, -0.15) is 4.98 Å². The number of hydrogen-bond donors (Lipinski definition) is 1. The van der Waals surface area contributed by atoms with Gasteiger partial charge in [0.1, 0.15) is 29.6 Å². The van der Waals surface area contributed by atoms with Gasteiger partial charge in [0, 0.05) is 18.2 Å². The molecule has 1 fully saturated rings. The van der Waals surface area contributed by atoms with Crippen molar-refractivity contribution in [3.05, 3.63) is 124 Å². The van der Waals surface area contributed by atoms with Crippen LogP contribution in [0.25, 0.3) is 0 Å². The van der Waals surface area contributed by atoms with Crippen LogP contribution in [-0.2, 0) is 21.5 Å². The summed E-state index contributed by atoms with van der Waals surface area (Å²) >= 11 is 0. The molecular formula is C34H37N3O4. The first-order valence-electron chi connectivity index (χ1n) is 14.2. The van der Waals surface area contributed by atoms with Crippen molar-refractivity contribution in [3.8, 4) is 5.75 Å². The first-order valence-corrected chi connectivity index (χ1v) is 14.2. The number of hydrogen-bond acceptors (Lipinski definition) is 6. The summed E-state index contributed by atoms with van der Waals surface area (Å²) in [6.45, 7) is 4.25. The van der Waals surface area contributed by atoms with Crippen LogP contribution in [0.3, 0.4) is 0 Å². The second-order valence-electron chi connectivity index (χ2n) is 10.6. The highest BCUT2D eigenvalue weighted by Crippen LogP contribution is 2.41. The number of aldehydes is 1. The number of methoxy groups -OCH3 is 1. The molecule has 1 N–H and O–H groups in total. The highest BCUT2D eigenvalue weighted by atomic mass is 16.5. The van der Waals surface area contributed by atoms with Gasteiger partial charge in [-0.3, -0.25) is 4.57 Å². The fourth-order valence-electron chi connectivity index (χ4n) is 5.87. The minimum atomic E-state index is -0.901. The van der Waals surface area contributed by atoms with Crippen LogP contribution in [0.5, 0.6) is 5.75 Å². The van der Waals surface area contributed by atoms with Crippen molar-refractivity contribution >= 4 is 12.1 Å². The number of carbonyl (C=O) groups excluding carboxylic acids is 1. The average Bonchev–Trinajstić information content (AvgIpc) is 3.40. The van der Waals surface area contributed by atoms with Crippen molar-refractivity contribution in [2.45, 2.75) is 57.4 Å². The number of carbonyl (C=O) groups is 1. The second kappa shape index (κ2) is 12.5. The van der Waals surface area contributed by atoms with E-state index in [4.69, 9.17) is 9.47 Å². The van der Waals surface area contributed by atoms with Gasteiger partial charge in [0.2, 0.25) is 0 Å². The molecule has 7 heteroatoms. The Bertz CT molecular complexity index is 1460. The number of anilines is 1. The Labute approximate surface area is 241 Å². The van der Waals surface area contributed by atoms with Crippen LogP contribution in [0, 0.1) is 5.92 Å². The lowest BCUT2D eigenvalue weighted by molar-refractivity contribution is -0.107. The minimum Gasteiger partial charge on any atom is -0.497 e. The van der Waals surface area contributed by atoms with Gasteiger partial charge in [0.05, 0.1) is 13.2 Å². The number of nitrogens with zero attached hydrogens (tertiary/aromatic N) is 2. The van der Waals surface area contributed by atoms with Crippen LogP contribution >= 0.6 is 0 Å². The van der Waals surface area contributed by atoms with Gasteiger partial charge in [0.25, 0.3) is 0 Å². The Morgan fingerprint density at radius 2 is 1.61 bits per heavy atom. The fourth-order valence-corrected chi connectivity index (χ4v) is 5.87. The maximum absolute atomic E-state index is 13.6. The van der Waals surface area contributed by atoms with Crippen LogP contribution in [0.4, 0.5) is 5.82 Å². The molecule has 3 aromatic carbocycles. The summed E-state index contributed by atoms with van der Waals surface area (Å²) < 4.78 is 13.3. The predicted octanol–water partition coefficient (Wildman–Crippen LogP) is 6.12. The van der Waals surface area contributed by atoms with E-state index < -0.39 is 5.54 Å². The zero-order valence-electron chi connectivity index (χ0n) is 23.8. The number of ether oxygens (including phenoxy) is 2. The molecule has 0 aliphatic carbocycles. The highest BCUT2D eigenvalue weighted by Gasteiger charge is 2.38. The molecule has 0 radical (unpaired) electrons. The minimum absolute atomic E-state index is 0.0991. The second-order valence-corrected chi connectivity index (χ2v) is 10.6. The molecule has 2 heterocycles. The summed E-state index contributed by atoms with van der Waals surface area (Å²) in [5.74, 6) is 1.52. The van der Waals surface area contributed by atoms with Crippen molar-refractivity contribution < 1.29 is 14.3 Å². The summed E-state index contributed by atoms with van der Waals surface area (Å²) in [6.07, 6.45) is 4.80. The third-order valence-electron chi connectivity index (χ3n) is 8.05. The van der Waals surface area contributed by atoms with Gasteiger partial charge in [0.15, 0.2) is 0 Å². The average molecular weight is 552 g/mol. The van der Waals surface area contributed by atoms with Gasteiger partial charge in [-0.1, -0.05) is 86.6 Å². The van der Waals surface area contributed by atoms with E-state index in [2.05, 4.69) is 48.4 Å². The third-order valence-corrected chi connectivity index (χ3v) is 8.05. The number of aromatic nitrogens is 2. The molecule has 0 amide bonds. The first-order chi connectivity index (χ1) is 20.0. The monoisotopic (exact) mass is 551 g/mol. The SMILES string of the molecule is CC[C@H]1OC(n2cc(CCC=O)c(NC(c3ccccc3)(c3ccccc3)c3ccc(OC)cc3)nc2=O)C[C@@H]1C. The zero-order valence-corrected chi connectivity index (χ0v) is 23.8. The molecule has 4 aromatic rings. The molecular weight excluding hydrogens is 514 g/mol. The number of aryl methyl sites for hydroxylation is 1. The molecule has 5 rings (SSSR count). The van der Waals surface area contributed by atoms with Gasteiger partial charge in [-0.25, -0.2) is 4.79 Å². The summed E-state index contributed by atoms with van der Waals surface area (Å²) in [6, 6.07) is 28.1. The molecule has 3 atom stereocenters. The van der Waals surface area contributed by atoms with Crippen molar-refractivity contribution in [2.24, 2.45) is 5.92 Å². The van der Waals surface area contributed by atoms with Crippen molar-refractivity contribution in [2.75, 3.05) is 12.4 Å². The molecule has 1 unspecified atom stereocenters. The highest BCUT2D eigenvalue weighted by molar-refractivity contribution is 5.61. The molecule has 0 spiro atoms. The molecule has 1 aliphatic heterocycles. The largest absolute Gasteiger partial charge is 0.497 e. The van der Waals surface area contributed by atoms with Gasteiger partial charge < -0.3 is 19.6 Å². The lowest BCUT2D eigenvalue weighted by Crippen LogP contribution is -2.40. The van der Waals surface area contributed by atoms with Crippen molar-refractivity contribution in [1.82, 2.24) is 9.55 Å². The van der Waals surface area contributed by atoms with E-state index in [1.807, 2.05) is 66.9 Å². The summed E-state index contributed by atoms with van der Waals surface area (Å²) in [4.78, 5) is 29.7. The Hall–Kier alpha value is -4.23. The predicted molar refractivity (Wildman–Crippen MR) is 160 cm³/mol. The Kier molecular flexibility index (Phi) is 8.64. The van der Waals surface area contributed by atoms with Crippen LogP contribution in [-0.4, -0.2) is 29.1 Å². The normalized spacial score (nSPS) is 18.7.